The molecular weight excluding hydrogens is 486 g/mol. The van der Waals surface area contributed by atoms with Crippen molar-refractivity contribution in [1.82, 2.24) is 29.2 Å². The number of nitriles is 1. The van der Waals surface area contributed by atoms with E-state index in [1.807, 2.05) is 27.9 Å². The normalized spacial score (nSPS) is 16.3. The van der Waals surface area contributed by atoms with E-state index in [9.17, 15) is 13.7 Å². The summed E-state index contributed by atoms with van der Waals surface area (Å²) in [5.41, 5.74) is 1.79. The number of nitrogens with zero attached hydrogens (tertiary/aromatic N) is 7. The highest BCUT2D eigenvalue weighted by atomic mass is 32.2. The van der Waals surface area contributed by atoms with Gasteiger partial charge >= 0.3 is 0 Å². The van der Waals surface area contributed by atoms with Gasteiger partial charge in [0.15, 0.2) is 0 Å². The molecule has 0 atom stereocenters. The number of hydrogen-bond acceptors (Lipinski definition) is 8. The maximum Gasteiger partial charge on any atom is 0.266 e. The van der Waals surface area contributed by atoms with E-state index in [-0.39, 0.29) is 18.7 Å². The fourth-order valence-corrected chi connectivity index (χ4v) is 5.50. The van der Waals surface area contributed by atoms with Gasteiger partial charge in [0, 0.05) is 57.7 Å². The molecule has 0 unspecified atom stereocenters. The summed E-state index contributed by atoms with van der Waals surface area (Å²) in [6.07, 6.45) is 7.31. The first kappa shape index (κ1) is 25.5. The zero-order chi connectivity index (χ0) is 25.3. The fourth-order valence-electron chi connectivity index (χ4n) is 4.26. The average molecular weight is 518 g/mol. The molecule has 0 radical (unpaired) electrons. The van der Waals surface area contributed by atoms with Gasteiger partial charge in [-0.25, -0.2) is 9.97 Å². The molecule has 0 aromatic carbocycles. The predicted molar refractivity (Wildman–Crippen MR) is 134 cm³/mol. The number of aromatic nitrogens is 5. The third-order valence-corrected chi connectivity index (χ3v) is 8.64. The quantitative estimate of drug-likeness (QED) is 0.231. The van der Waals surface area contributed by atoms with E-state index in [0.29, 0.717) is 19.8 Å². The van der Waals surface area contributed by atoms with Crippen molar-refractivity contribution in [1.29, 1.82) is 5.26 Å². The van der Waals surface area contributed by atoms with Gasteiger partial charge in [-0.1, -0.05) is 19.6 Å². The molecule has 188 valence electrons. The van der Waals surface area contributed by atoms with Gasteiger partial charge < -0.3 is 9.30 Å². The number of likely N-dealkylation sites (tertiary alicyclic amines) is 1. The minimum Gasteiger partial charge on any atom is -0.361 e. The van der Waals surface area contributed by atoms with E-state index >= 15 is 0 Å². The third kappa shape index (κ3) is 5.96. The van der Waals surface area contributed by atoms with E-state index in [4.69, 9.17) is 9.29 Å². The lowest BCUT2D eigenvalue weighted by molar-refractivity contribution is 0.00984. The Bertz CT molecular complexity index is 1330. The van der Waals surface area contributed by atoms with Crippen LogP contribution in [0.15, 0.2) is 31.0 Å². The number of rotatable bonds is 11. The summed E-state index contributed by atoms with van der Waals surface area (Å²) >= 11 is 0. The Balaban J connectivity index is 1.50. The molecule has 4 heterocycles. The van der Waals surface area contributed by atoms with E-state index in [1.54, 1.807) is 10.9 Å². The molecule has 1 saturated heterocycles. The summed E-state index contributed by atoms with van der Waals surface area (Å²) in [4.78, 5) is 10.8. The van der Waals surface area contributed by atoms with Gasteiger partial charge in [-0.05, 0) is 12.1 Å². The molecule has 3 aromatic rings. The first-order chi connectivity index (χ1) is 16.5. The molecule has 0 amide bonds. The Kier molecular flexibility index (Phi) is 7.12. The van der Waals surface area contributed by atoms with Crippen LogP contribution in [0.5, 0.6) is 0 Å². The highest BCUT2D eigenvalue weighted by molar-refractivity contribution is 7.85. The highest BCUT2D eigenvalue weighted by Crippen LogP contribution is 2.34. The van der Waals surface area contributed by atoms with Gasteiger partial charge in [-0.3, -0.25) is 14.1 Å². The zero-order valence-corrected chi connectivity index (χ0v) is 22.1. The van der Waals surface area contributed by atoms with Crippen LogP contribution in [0.3, 0.4) is 0 Å². The molecule has 1 N–H and O–H groups in total. The van der Waals surface area contributed by atoms with Crippen LogP contribution in [-0.2, 0) is 27.1 Å². The molecule has 1 aliphatic rings. The lowest BCUT2D eigenvalue weighted by Crippen LogP contribution is -2.63. The maximum atomic E-state index is 11.1. The van der Waals surface area contributed by atoms with Crippen molar-refractivity contribution < 1.29 is 17.7 Å². The maximum absolute atomic E-state index is 11.1. The van der Waals surface area contributed by atoms with Crippen molar-refractivity contribution in [2.45, 2.75) is 44.4 Å². The fraction of sp³-hybridized carbons (Fsp3) is 0.545. The molecule has 4 rings (SSSR count). The van der Waals surface area contributed by atoms with Crippen LogP contribution in [0.1, 0.15) is 6.42 Å². The molecule has 0 spiro atoms. The van der Waals surface area contributed by atoms with Crippen molar-refractivity contribution in [3.05, 3.63) is 31.0 Å². The summed E-state index contributed by atoms with van der Waals surface area (Å²) in [6, 6.07) is 5.29. The van der Waals surface area contributed by atoms with Gasteiger partial charge in [0.2, 0.25) is 0 Å². The van der Waals surface area contributed by atoms with Crippen LogP contribution in [-0.4, -0.2) is 82.3 Å². The third-order valence-electron chi connectivity index (χ3n) is 6.23. The summed E-state index contributed by atoms with van der Waals surface area (Å²) in [5.74, 6) is -0.336. The first-order valence-corrected chi connectivity index (χ1v) is 16.8. The Hall–Kier alpha value is -2.63. The summed E-state index contributed by atoms with van der Waals surface area (Å²) < 4.78 is 40.7. The summed E-state index contributed by atoms with van der Waals surface area (Å²) in [6.45, 7) is 9.27. The van der Waals surface area contributed by atoms with Gasteiger partial charge in [-0.2, -0.15) is 18.8 Å². The Morgan fingerprint density at radius 1 is 1.29 bits per heavy atom. The topological polar surface area (TPSA) is 139 Å². The number of hydrogen-bond donors (Lipinski definition) is 1. The lowest BCUT2D eigenvalue weighted by atomic mass is 9.87. The van der Waals surface area contributed by atoms with Crippen LogP contribution in [0.4, 0.5) is 0 Å². The van der Waals surface area contributed by atoms with Crippen LogP contribution < -0.4 is 0 Å². The van der Waals surface area contributed by atoms with Crippen LogP contribution in [0.25, 0.3) is 22.3 Å². The lowest BCUT2D eigenvalue weighted by Gasteiger charge is -2.49. The Morgan fingerprint density at radius 2 is 2.06 bits per heavy atom. The SMILES string of the molecule is C[Si](C)(C)CCOCn1ccc2c(-c3cnn(C4(CC#N)CN(CCS(=O)(=O)O)C4)c3)ncnc21. The minimum atomic E-state index is -4.03. The first-order valence-electron chi connectivity index (χ1n) is 11.5. The van der Waals surface area contributed by atoms with Gasteiger partial charge in [-0.15, -0.1) is 0 Å². The van der Waals surface area contributed by atoms with E-state index < -0.39 is 23.7 Å². The second-order valence-corrected chi connectivity index (χ2v) is 17.5. The van der Waals surface area contributed by atoms with Gasteiger partial charge in [0.05, 0.1) is 30.1 Å². The summed E-state index contributed by atoms with van der Waals surface area (Å²) in [5, 5.41) is 14.8. The van der Waals surface area contributed by atoms with Crippen molar-refractivity contribution in [3.8, 4) is 17.3 Å². The van der Waals surface area contributed by atoms with Crippen molar-refractivity contribution in [2.75, 3.05) is 32.0 Å². The molecule has 0 aliphatic carbocycles. The minimum absolute atomic E-state index is 0.209. The molecule has 0 saturated carbocycles. The van der Waals surface area contributed by atoms with E-state index in [2.05, 4.69) is 40.8 Å². The van der Waals surface area contributed by atoms with Crippen LogP contribution in [0, 0.1) is 11.3 Å². The second-order valence-electron chi connectivity index (χ2n) is 10.3. The van der Waals surface area contributed by atoms with E-state index in [1.165, 1.54) is 6.33 Å². The van der Waals surface area contributed by atoms with Crippen molar-refractivity contribution in [2.24, 2.45) is 0 Å². The molecule has 13 heteroatoms. The Morgan fingerprint density at radius 3 is 2.74 bits per heavy atom. The molecule has 1 fully saturated rings. The molecule has 0 bridgehead atoms. The van der Waals surface area contributed by atoms with Gasteiger partial charge in [0.25, 0.3) is 10.1 Å². The van der Waals surface area contributed by atoms with E-state index in [0.717, 1.165) is 34.9 Å². The zero-order valence-electron chi connectivity index (χ0n) is 20.3. The molecule has 3 aromatic heterocycles. The highest BCUT2D eigenvalue weighted by Gasteiger charge is 2.45. The average Bonchev–Trinajstić information content (AvgIpc) is 3.39. The van der Waals surface area contributed by atoms with Crippen LogP contribution >= 0.6 is 0 Å². The number of fused-ring (bicyclic) bond motifs is 1. The summed E-state index contributed by atoms with van der Waals surface area (Å²) in [7, 11) is -5.18. The second kappa shape index (κ2) is 9.79. The van der Waals surface area contributed by atoms with Gasteiger partial charge in [0.1, 0.15) is 24.2 Å². The van der Waals surface area contributed by atoms with Crippen molar-refractivity contribution in [3.63, 3.8) is 0 Å². The largest absolute Gasteiger partial charge is 0.361 e. The molecule has 1 aliphatic heterocycles. The predicted octanol–water partition coefficient (Wildman–Crippen LogP) is 2.42. The van der Waals surface area contributed by atoms with Crippen molar-refractivity contribution >= 4 is 29.2 Å². The van der Waals surface area contributed by atoms with Crippen LogP contribution in [0.2, 0.25) is 25.7 Å². The Labute approximate surface area is 206 Å². The molecular formula is C22H31N7O4SSi. The smallest absolute Gasteiger partial charge is 0.266 e. The monoisotopic (exact) mass is 517 g/mol. The standard InChI is InChI=1S/C22H31N7O4SSi/c1-35(2,3)11-9-33-17-28-7-4-19-20(24-16-25-21(19)28)18-12-26-29(13-18)22(5-6-23)14-27(15-22)8-10-34(30,31)32/h4,7,12-13,16H,5,8-11,14-15,17H2,1-3H3,(H,30,31,32). The molecule has 11 nitrogen and oxygen atoms in total. The number of ether oxygens (including phenoxy) is 1. The molecule has 35 heavy (non-hydrogen) atoms.